The van der Waals surface area contributed by atoms with Crippen molar-refractivity contribution in [3.63, 3.8) is 0 Å². The van der Waals surface area contributed by atoms with Gasteiger partial charge < -0.3 is 9.32 Å². The molecule has 2 aliphatic rings. The van der Waals surface area contributed by atoms with E-state index in [9.17, 15) is 19.2 Å². The predicted molar refractivity (Wildman–Crippen MR) is 160 cm³/mol. The van der Waals surface area contributed by atoms with Gasteiger partial charge in [0, 0.05) is 12.5 Å². The van der Waals surface area contributed by atoms with Crippen LogP contribution in [0.25, 0.3) is 11.0 Å². The third-order valence-electron chi connectivity index (χ3n) is 8.22. The number of carbonyl (C=O) groups is 3. The van der Waals surface area contributed by atoms with Crippen molar-refractivity contribution in [3.8, 4) is 0 Å². The summed E-state index contributed by atoms with van der Waals surface area (Å²) in [6.45, 7) is 7.14. The van der Waals surface area contributed by atoms with E-state index in [0.29, 0.717) is 21.8 Å². The monoisotopic (exact) mass is 575 g/mol. The van der Waals surface area contributed by atoms with Gasteiger partial charge >= 0.3 is 0 Å². The summed E-state index contributed by atoms with van der Waals surface area (Å²) in [7, 11) is 0. The molecule has 208 valence electrons. The van der Waals surface area contributed by atoms with Gasteiger partial charge in [-0.05, 0) is 55.7 Å². The summed E-state index contributed by atoms with van der Waals surface area (Å²) in [4.78, 5) is 64.2. The quantitative estimate of drug-likeness (QED) is 0.250. The van der Waals surface area contributed by atoms with E-state index in [1.807, 2.05) is 56.3 Å². The normalized spacial score (nSPS) is 17.4. The lowest BCUT2D eigenvalue weighted by molar-refractivity contribution is -0.121. The number of rotatable bonds is 4. The van der Waals surface area contributed by atoms with Crippen LogP contribution in [0.4, 0.5) is 10.8 Å². The maximum Gasteiger partial charge on any atom is 0.297 e. The highest BCUT2D eigenvalue weighted by atomic mass is 32.1. The molecule has 42 heavy (non-hydrogen) atoms. The molecule has 7 rings (SSSR count). The number of aryl methyl sites for hydroxylation is 3. The Labute approximate surface area is 244 Å². The van der Waals surface area contributed by atoms with Crippen molar-refractivity contribution >= 4 is 50.7 Å². The van der Waals surface area contributed by atoms with Crippen LogP contribution in [0, 0.1) is 20.8 Å². The first-order valence-electron chi connectivity index (χ1n) is 13.5. The van der Waals surface area contributed by atoms with Crippen LogP contribution in [0.15, 0.2) is 75.9 Å². The fraction of sp³-hybridized carbons (Fsp3) is 0.182. The van der Waals surface area contributed by atoms with Gasteiger partial charge in [0.1, 0.15) is 5.58 Å². The third-order valence-corrected chi connectivity index (χ3v) is 9.46. The SMILES string of the molecule is CC(=O)c1sc(N2C(=O)c3oc4cc(C)c(C)cc4c(=O)c3C23C(=O)N(Cc2ccccc2)c2ccccc23)nc1C. The second-order valence-electron chi connectivity index (χ2n) is 10.8. The Morgan fingerprint density at radius 1 is 0.952 bits per heavy atom. The molecule has 1 spiro atoms. The summed E-state index contributed by atoms with van der Waals surface area (Å²) in [5.74, 6) is -1.52. The highest BCUT2D eigenvalue weighted by molar-refractivity contribution is 7.17. The molecule has 2 aliphatic heterocycles. The Morgan fingerprint density at radius 2 is 1.64 bits per heavy atom. The molecule has 8 nitrogen and oxygen atoms in total. The van der Waals surface area contributed by atoms with Crippen molar-refractivity contribution in [3.05, 3.63) is 121 Å². The van der Waals surface area contributed by atoms with Crippen LogP contribution in [0.3, 0.4) is 0 Å². The second kappa shape index (κ2) is 9.06. The molecule has 2 amide bonds. The molecule has 3 aromatic carbocycles. The van der Waals surface area contributed by atoms with Gasteiger partial charge in [0.15, 0.2) is 21.9 Å². The second-order valence-corrected chi connectivity index (χ2v) is 11.8. The lowest BCUT2D eigenvalue weighted by atomic mass is 9.84. The predicted octanol–water partition coefficient (Wildman–Crippen LogP) is 5.83. The maximum absolute atomic E-state index is 15.0. The molecule has 0 saturated carbocycles. The number of fused-ring (bicyclic) bond motifs is 5. The van der Waals surface area contributed by atoms with Gasteiger partial charge in [0.25, 0.3) is 11.8 Å². The van der Waals surface area contributed by atoms with Gasteiger partial charge in [-0.25, -0.2) is 4.98 Å². The van der Waals surface area contributed by atoms with Crippen LogP contribution >= 0.6 is 11.3 Å². The number of ketones is 1. The lowest BCUT2D eigenvalue weighted by Gasteiger charge is -2.32. The number of para-hydroxylation sites is 1. The fourth-order valence-electron chi connectivity index (χ4n) is 6.15. The number of hydrogen-bond donors (Lipinski definition) is 0. The molecule has 0 bridgehead atoms. The molecule has 0 N–H and O–H groups in total. The number of carbonyl (C=O) groups excluding carboxylic acids is 3. The number of benzene rings is 3. The molecule has 0 fully saturated rings. The number of hydrogen-bond acceptors (Lipinski definition) is 7. The van der Waals surface area contributed by atoms with E-state index in [0.717, 1.165) is 28.0 Å². The summed E-state index contributed by atoms with van der Waals surface area (Å²) < 4.78 is 6.22. The minimum absolute atomic E-state index is 0.0338. The number of thiazole rings is 1. The highest BCUT2D eigenvalue weighted by Crippen LogP contribution is 2.55. The van der Waals surface area contributed by atoms with E-state index in [4.69, 9.17) is 4.42 Å². The zero-order valence-electron chi connectivity index (χ0n) is 23.3. The number of Topliss-reactive ketones (excluding diaryl/α,β-unsaturated/α-hetero) is 1. The molecule has 0 radical (unpaired) electrons. The summed E-state index contributed by atoms with van der Waals surface area (Å²) in [5.41, 5.74) is 2.09. The van der Waals surface area contributed by atoms with Crippen LogP contribution < -0.4 is 15.2 Å². The third kappa shape index (κ3) is 3.37. The molecule has 2 aromatic heterocycles. The summed E-state index contributed by atoms with van der Waals surface area (Å²) in [6.07, 6.45) is 0. The van der Waals surface area contributed by atoms with Crippen molar-refractivity contribution in [1.82, 2.24) is 4.98 Å². The van der Waals surface area contributed by atoms with Gasteiger partial charge in [-0.15, -0.1) is 0 Å². The number of anilines is 2. The smallest absolute Gasteiger partial charge is 0.297 e. The topological polar surface area (TPSA) is 101 Å². The summed E-state index contributed by atoms with van der Waals surface area (Å²) in [6, 6.07) is 20.2. The van der Waals surface area contributed by atoms with Crippen LogP contribution in [-0.2, 0) is 16.9 Å². The zero-order valence-corrected chi connectivity index (χ0v) is 24.2. The van der Waals surface area contributed by atoms with Crippen molar-refractivity contribution in [2.24, 2.45) is 0 Å². The molecule has 9 heteroatoms. The van der Waals surface area contributed by atoms with Crippen molar-refractivity contribution in [1.29, 1.82) is 0 Å². The molecular weight excluding hydrogens is 550 g/mol. The van der Waals surface area contributed by atoms with Crippen molar-refractivity contribution in [2.45, 2.75) is 39.8 Å². The lowest BCUT2D eigenvalue weighted by Crippen LogP contribution is -2.53. The van der Waals surface area contributed by atoms with Gasteiger partial charge in [-0.1, -0.05) is 59.9 Å². The Balaban J connectivity index is 1.58. The standard InChI is InChI=1S/C33H25N3O5S/c1-17-14-22-25(15-18(17)2)41-28-26(27(22)38)33(36(30(28)39)32-34-19(3)29(42-32)20(4)37)23-12-8-9-13-24(23)35(31(33)40)16-21-10-6-5-7-11-21/h5-15H,16H2,1-4H3. The van der Waals surface area contributed by atoms with Crippen LogP contribution in [0.2, 0.25) is 0 Å². The van der Waals surface area contributed by atoms with E-state index in [-0.39, 0.29) is 39.8 Å². The fourth-order valence-corrected chi connectivity index (χ4v) is 7.16. The number of amides is 2. The van der Waals surface area contributed by atoms with E-state index in [1.54, 1.807) is 36.1 Å². The van der Waals surface area contributed by atoms with Gasteiger partial charge in [0.05, 0.1) is 33.8 Å². The van der Waals surface area contributed by atoms with Gasteiger partial charge in [-0.2, -0.15) is 0 Å². The number of nitrogens with zero attached hydrogens (tertiary/aromatic N) is 3. The molecule has 5 aromatic rings. The first-order valence-corrected chi connectivity index (χ1v) is 14.3. The zero-order chi connectivity index (χ0) is 29.5. The van der Waals surface area contributed by atoms with E-state index >= 15 is 0 Å². The molecular formula is C33H25N3O5S. The van der Waals surface area contributed by atoms with Gasteiger partial charge in [-0.3, -0.25) is 24.1 Å². The van der Waals surface area contributed by atoms with E-state index in [2.05, 4.69) is 4.98 Å². The largest absolute Gasteiger partial charge is 0.450 e. The first-order chi connectivity index (χ1) is 20.1. The van der Waals surface area contributed by atoms with Gasteiger partial charge in [0.2, 0.25) is 5.76 Å². The highest BCUT2D eigenvalue weighted by Gasteiger charge is 2.66. The molecule has 0 saturated heterocycles. The molecule has 0 aliphatic carbocycles. The average molecular weight is 576 g/mol. The minimum atomic E-state index is -1.87. The molecule has 1 atom stereocenters. The average Bonchev–Trinajstić information content (AvgIpc) is 3.56. The van der Waals surface area contributed by atoms with E-state index in [1.165, 1.54) is 11.8 Å². The Hall–Kier alpha value is -4.89. The Morgan fingerprint density at radius 3 is 2.36 bits per heavy atom. The maximum atomic E-state index is 15.0. The number of aromatic nitrogens is 1. The Bertz CT molecular complexity index is 2060. The van der Waals surface area contributed by atoms with Crippen LogP contribution in [-0.4, -0.2) is 22.6 Å². The summed E-state index contributed by atoms with van der Waals surface area (Å²) in [5, 5.41) is 0.437. The first kappa shape index (κ1) is 26.0. The molecule has 4 heterocycles. The summed E-state index contributed by atoms with van der Waals surface area (Å²) >= 11 is 1.03. The molecule has 1 unspecified atom stereocenters. The minimum Gasteiger partial charge on any atom is -0.450 e. The van der Waals surface area contributed by atoms with Crippen molar-refractivity contribution < 1.29 is 18.8 Å². The van der Waals surface area contributed by atoms with Crippen LogP contribution in [0.1, 0.15) is 60.7 Å². The Kier molecular flexibility index (Phi) is 5.61. The van der Waals surface area contributed by atoms with E-state index < -0.39 is 22.8 Å². The van der Waals surface area contributed by atoms with Crippen LogP contribution in [0.5, 0.6) is 0 Å². The van der Waals surface area contributed by atoms with Crippen molar-refractivity contribution in [2.75, 3.05) is 9.80 Å².